The SMILES string of the molecule is CN1CCN(c2ccc3c(c2)OC(O)C(c2cn4ncccc4n2)=C3)CC1. The molecule has 27 heavy (non-hydrogen) atoms. The maximum atomic E-state index is 10.5. The van der Waals surface area contributed by atoms with Gasteiger partial charge in [0.2, 0.25) is 6.29 Å². The van der Waals surface area contributed by atoms with Gasteiger partial charge in [0.05, 0.1) is 11.9 Å². The molecule has 0 spiro atoms. The predicted octanol–water partition coefficient (Wildman–Crippen LogP) is 1.73. The number of rotatable bonds is 2. The van der Waals surface area contributed by atoms with E-state index in [1.807, 2.05) is 30.3 Å². The van der Waals surface area contributed by atoms with E-state index in [9.17, 15) is 5.11 Å². The van der Waals surface area contributed by atoms with E-state index in [0.29, 0.717) is 17.0 Å². The highest BCUT2D eigenvalue weighted by molar-refractivity contribution is 5.86. The van der Waals surface area contributed by atoms with Gasteiger partial charge in [-0.15, -0.1) is 0 Å². The molecule has 7 heteroatoms. The van der Waals surface area contributed by atoms with Crippen LogP contribution in [0.2, 0.25) is 0 Å². The van der Waals surface area contributed by atoms with Crippen molar-refractivity contribution < 1.29 is 9.84 Å². The summed E-state index contributed by atoms with van der Waals surface area (Å²) in [4.78, 5) is 9.21. The molecule has 7 nitrogen and oxygen atoms in total. The first kappa shape index (κ1) is 16.3. The minimum Gasteiger partial charge on any atom is -0.460 e. The fourth-order valence-corrected chi connectivity index (χ4v) is 3.60. The Morgan fingerprint density at radius 1 is 1.15 bits per heavy atom. The largest absolute Gasteiger partial charge is 0.460 e. The molecule has 1 atom stereocenters. The summed E-state index contributed by atoms with van der Waals surface area (Å²) in [7, 11) is 2.14. The third kappa shape index (κ3) is 2.94. The second-order valence-electron chi connectivity index (χ2n) is 7.03. The molecular formula is C20H21N5O2. The smallest absolute Gasteiger partial charge is 0.226 e. The number of nitrogens with zero attached hydrogens (tertiary/aromatic N) is 5. The zero-order valence-corrected chi connectivity index (χ0v) is 15.1. The normalized spacial score (nSPS) is 20.3. The molecule has 1 fully saturated rings. The second kappa shape index (κ2) is 6.37. The monoisotopic (exact) mass is 363 g/mol. The van der Waals surface area contributed by atoms with Gasteiger partial charge in [-0.2, -0.15) is 5.10 Å². The first-order valence-electron chi connectivity index (χ1n) is 9.12. The average Bonchev–Trinajstić information content (AvgIpc) is 3.11. The van der Waals surface area contributed by atoms with E-state index >= 15 is 0 Å². The molecule has 5 rings (SSSR count). The summed E-state index contributed by atoms with van der Waals surface area (Å²) in [6.45, 7) is 4.08. The van der Waals surface area contributed by atoms with Gasteiger partial charge in [-0.05, 0) is 37.4 Å². The van der Waals surface area contributed by atoms with E-state index in [1.54, 1.807) is 16.9 Å². The van der Waals surface area contributed by atoms with Crippen LogP contribution in [0, 0.1) is 0 Å². The van der Waals surface area contributed by atoms with Gasteiger partial charge in [0.25, 0.3) is 0 Å². The van der Waals surface area contributed by atoms with Crippen molar-refractivity contribution in [2.24, 2.45) is 0 Å². The third-order valence-electron chi connectivity index (χ3n) is 5.21. The number of hydrogen-bond donors (Lipinski definition) is 1. The molecule has 0 bridgehead atoms. The number of aliphatic hydroxyl groups is 1. The van der Waals surface area contributed by atoms with Crippen molar-refractivity contribution in [2.45, 2.75) is 6.29 Å². The molecule has 2 aliphatic rings. The van der Waals surface area contributed by atoms with Gasteiger partial charge in [0.1, 0.15) is 5.75 Å². The number of imidazole rings is 1. The lowest BCUT2D eigenvalue weighted by Crippen LogP contribution is -2.44. The van der Waals surface area contributed by atoms with Gasteiger partial charge in [0.15, 0.2) is 5.65 Å². The van der Waals surface area contributed by atoms with Crippen molar-refractivity contribution in [3.8, 4) is 5.75 Å². The first-order chi connectivity index (χ1) is 13.2. The van der Waals surface area contributed by atoms with Crippen LogP contribution in [0.3, 0.4) is 0 Å². The van der Waals surface area contributed by atoms with Crippen LogP contribution in [0.25, 0.3) is 17.3 Å². The van der Waals surface area contributed by atoms with Crippen LogP contribution < -0.4 is 9.64 Å². The van der Waals surface area contributed by atoms with Gasteiger partial charge in [-0.25, -0.2) is 9.50 Å². The molecule has 0 amide bonds. The summed E-state index contributed by atoms with van der Waals surface area (Å²) in [5.41, 5.74) is 4.10. The van der Waals surface area contributed by atoms with Crippen molar-refractivity contribution in [1.82, 2.24) is 19.5 Å². The van der Waals surface area contributed by atoms with Crippen LogP contribution in [0.1, 0.15) is 11.3 Å². The number of piperazine rings is 1. The van der Waals surface area contributed by atoms with Crippen molar-refractivity contribution >= 4 is 23.0 Å². The van der Waals surface area contributed by atoms with Gasteiger partial charge in [0, 0.05) is 55.3 Å². The Morgan fingerprint density at radius 2 is 2.00 bits per heavy atom. The molecular weight excluding hydrogens is 342 g/mol. The minimum absolute atomic E-state index is 0.639. The van der Waals surface area contributed by atoms with Crippen LogP contribution in [-0.4, -0.2) is 64.1 Å². The Morgan fingerprint density at radius 3 is 2.81 bits per heavy atom. The van der Waals surface area contributed by atoms with Crippen LogP contribution in [0.5, 0.6) is 5.75 Å². The molecule has 0 saturated carbocycles. The summed E-state index contributed by atoms with van der Waals surface area (Å²) in [6, 6.07) is 9.89. The molecule has 3 aromatic rings. The number of ether oxygens (including phenoxy) is 1. The summed E-state index contributed by atoms with van der Waals surface area (Å²) in [5.74, 6) is 0.699. The number of likely N-dealkylation sites (N-methyl/N-ethyl adjacent to an activating group) is 1. The summed E-state index contributed by atoms with van der Waals surface area (Å²) in [6.07, 6.45) is 4.40. The number of fused-ring (bicyclic) bond motifs is 2. The minimum atomic E-state index is -1.05. The number of hydrogen-bond acceptors (Lipinski definition) is 6. The fourth-order valence-electron chi connectivity index (χ4n) is 3.60. The molecule has 1 saturated heterocycles. The van der Waals surface area contributed by atoms with Crippen molar-refractivity contribution in [3.05, 3.63) is 54.0 Å². The van der Waals surface area contributed by atoms with Crippen LogP contribution in [0.4, 0.5) is 5.69 Å². The van der Waals surface area contributed by atoms with Crippen molar-refractivity contribution in [3.63, 3.8) is 0 Å². The third-order valence-corrected chi connectivity index (χ3v) is 5.21. The van der Waals surface area contributed by atoms with E-state index in [1.165, 1.54) is 0 Å². The molecule has 2 aromatic heterocycles. The molecule has 1 unspecified atom stereocenters. The molecule has 1 aromatic carbocycles. The van der Waals surface area contributed by atoms with Gasteiger partial charge < -0.3 is 19.6 Å². The topological polar surface area (TPSA) is 66.1 Å². The zero-order chi connectivity index (χ0) is 18.4. The molecule has 2 aliphatic heterocycles. The Labute approximate surface area is 157 Å². The Balaban J connectivity index is 1.47. The van der Waals surface area contributed by atoms with E-state index in [-0.39, 0.29) is 0 Å². The maximum Gasteiger partial charge on any atom is 0.226 e. The maximum absolute atomic E-state index is 10.5. The second-order valence-corrected chi connectivity index (χ2v) is 7.03. The van der Waals surface area contributed by atoms with Crippen molar-refractivity contribution in [1.29, 1.82) is 0 Å². The Hall–Kier alpha value is -2.90. The predicted molar refractivity (Wildman–Crippen MR) is 104 cm³/mol. The zero-order valence-electron chi connectivity index (χ0n) is 15.1. The molecule has 0 aliphatic carbocycles. The number of aromatic nitrogens is 3. The lowest BCUT2D eigenvalue weighted by atomic mass is 10.0. The average molecular weight is 363 g/mol. The van der Waals surface area contributed by atoms with Crippen LogP contribution in [0.15, 0.2) is 42.7 Å². The van der Waals surface area contributed by atoms with Crippen LogP contribution in [-0.2, 0) is 0 Å². The number of anilines is 1. The summed E-state index contributed by atoms with van der Waals surface area (Å²) in [5, 5.41) is 14.8. The van der Waals surface area contributed by atoms with Crippen LogP contribution >= 0.6 is 0 Å². The van der Waals surface area contributed by atoms with Gasteiger partial charge in [-0.3, -0.25) is 0 Å². The first-order valence-corrected chi connectivity index (χ1v) is 9.12. The lowest BCUT2D eigenvalue weighted by Gasteiger charge is -2.34. The van der Waals surface area contributed by atoms with E-state index in [0.717, 1.165) is 43.1 Å². The molecule has 4 heterocycles. The van der Waals surface area contributed by atoms with E-state index in [4.69, 9.17) is 4.74 Å². The number of benzene rings is 1. The Bertz CT molecular complexity index is 987. The van der Waals surface area contributed by atoms with E-state index in [2.05, 4.69) is 33.0 Å². The highest BCUT2D eigenvalue weighted by Gasteiger charge is 2.25. The standard InChI is InChI=1S/C20H21N5O2/c1-23-7-9-24(10-8-23)15-5-4-14-11-16(20(26)27-18(14)12-15)17-13-25-19(22-17)3-2-6-21-25/h2-6,11-13,20,26H,7-10H2,1H3. The molecule has 0 radical (unpaired) electrons. The van der Waals surface area contributed by atoms with Gasteiger partial charge in [-0.1, -0.05) is 0 Å². The number of aliphatic hydroxyl groups excluding tert-OH is 1. The van der Waals surface area contributed by atoms with Crippen molar-refractivity contribution in [2.75, 3.05) is 38.1 Å². The summed E-state index contributed by atoms with van der Waals surface area (Å²) < 4.78 is 7.52. The molecule has 138 valence electrons. The molecule has 1 N–H and O–H groups in total. The Kier molecular flexibility index (Phi) is 3.84. The van der Waals surface area contributed by atoms with Gasteiger partial charge >= 0.3 is 0 Å². The van der Waals surface area contributed by atoms with E-state index < -0.39 is 6.29 Å². The summed E-state index contributed by atoms with van der Waals surface area (Å²) >= 11 is 0. The highest BCUT2D eigenvalue weighted by Crippen LogP contribution is 2.36. The lowest BCUT2D eigenvalue weighted by molar-refractivity contribution is 0.0318. The highest BCUT2D eigenvalue weighted by atomic mass is 16.6. The fraction of sp³-hybridized carbons (Fsp3) is 0.300. The quantitative estimate of drug-likeness (QED) is 0.748.